The Bertz CT molecular complexity index is 850. The third kappa shape index (κ3) is 3.57. The Kier molecular flexibility index (Phi) is 4.81. The molecule has 3 rings (SSSR count). The molecule has 0 bridgehead atoms. The van der Waals surface area contributed by atoms with Crippen LogP contribution in [0, 0.1) is 20.8 Å². The van der Waals surface area contributed by atoms with Gasteiger partial charge in [0.25, 0.3) is 5.91 Å². The van der Waals surface area contributed by atoms with Crippen LogP contribution in [0.4, 0.5) is 0 Å². The molecule has 1 amide bonds. The molecular weight excluding hydrogens is 320 g/mol. The van der Waals surface area contributed by atoms with Crippen LogP contribution in [-0.2, 0) is 6.42 Å². The number of benzene rings is 1. The molecule has 0 aliphatic heterocycles. The van der Waals surface area contributed by atoms with E-state index in [1.807, 2.05) is 56.5 Å². The summed E-state index contributed by atoms with van der Waals surface area (Å²) in [6, 6.07) is 9.71. The molecule has 0 atom stereocenters. The lowest BCUT2D eigenvalue weighted by atomic mass is 10.1. The Morgan fingerprint density at radius 1 is 1.21 bits per heavy atom. The Hall–Kier alpha value is -2.40. The van der Waals surface area contributed by atoms with Crippen molar-refractivity contribution in [3.05, 3.63) is 63.9 Å². The highest BCUT2D eigenvalue weighted by Crippen LogP contribution is 2.25. The second kappa shape index (κ2) is 7.01. The minimum Gasteiger partial charge on any atom is -0.440 e. The first kappa shape index (κ1) is 16.5. The van der Waals surface area contributed by atoms with Gasteiger partial charge < -0.3 is 9.73 Å². The monoisotopic (exact) mass is 340 g/mol. The summed E-state index contributed by atoms with van der Waals surface area (Å²) in [4.78, 5) is 17.8. The van der Waals surface area contributed by atoms with E-state index in [0.29, 0.717) is 24.4 Å². The van der Waals surface area contributed by atoms with Crippen molar-refractivity contribution in [1.82, 2.24) is 10.3 Å². The maximum atomic E-state index is 12.2. The summed E-state index contributed by atoms with van der Waals surface area (Å²) < 4.78 is 5.72. The summed E-state index contributed by atoms with van der Waals surface area (Å²) >= 11 is 1.60. The summed E-state index contributed by atoms with van der Waals surface area (Å²) in [5, 5.41) is 4.95. The standard InChI is InChI=1S/C19H20N2O2S/c1-12-6-7-15(11-13(12)2)18(22)20-9-8-16-14(3)23-19(21-16)17-5-4-10-24-17/h4-7,10-11H,8-9H2,1-3H3,(H,20,22). The number of thiophene rings is 1. The number of amides is 1. The molecule has 0 unspecified atom stereocenters. The summed E-state index contributed by atoms with van der Waals surface area (Å²) in [7, 11) is 0. The summed E-state index contributed by atoms with van der Waals surface area (Å²) in [5.74, 6) is 1.40. The van der Waals surface area contributed by atoms with Crippen LogP contribution < -0.4 is 5.32 Å². The van der Waals surface area contributed by atoms with Crippen LogP contribution in [0.25, 0.3) is 10.8 Å². The van der Waals surface area contributed by atoms with Gasteiger partial charge in [-0.25, -0.2) is 4.98 Å². The topological polar surface area (TPSA) is 55.1 Å². The molecule has 1 N–H and O–H groups in total. The van der Waals surface area contributed by atoms with E-state index in [2.05, 4.69) is 10.3 Å². The van der Waals surface area contributed by atoms with E-state index in [4.69, 9.17) is 4.42 Å². The molecule has 3 aromatic rings. The number of hydrogen-bond donors (Lipinski definition) is 1. The number of aromatic nitrogens is 1. The van der Waals surface area contributed by atoms with Gasteiger partial charge in [0.05, 0.1) is 10.6 Å². The first-order valence-corrected chi connectivity index (χ1v) is 8.78. The molecule has 0 radical (unpaired) electrons. The average molecular weight is 340 g/mol. The van der Waals surface area contributed by atoms with Crippen LogP contribution in [0.1, 0.15) is 32.9 Å². The molecule has 24 heavy (non-hydrogen) atoms. The highest BCUT2D eigenvalue weighted by atomic mass is 32.1. The fourth-order valence-corrected chi connectivity index (χ4v) is 3.09. The molecule has 0 fully saturated rings. The SMILES string of the molecule is Cc1ccc(C(=O)NCCc2nc(-c3cccs3)oc2C)cc1C. The fourth-order valence-electron chi connectivity index (χ4n) is 2.44. The van der Waals surface area contributed by atoms with Crippen LogP contribution in [0.2, 0.25) is 0 Å². The smallest absolute Gasteiger partial charge is 0.251 e. The van der Waals surface area contributed by atoms with Crippen molar-refractivity contribution >= 4 is 17.2 Å². The van der Waals surface area contributed by atoms with Gasteiger partial charge in [0.2, 0.25) is 5.89 Å². The Morgan fingerprint density at radius 2 is 2.04 bits per heavy atom. The number of rotatable bonds is 5. The molecule has 2 aromatic heterocycles. The van der Waals surface area contributed by atoms with Crippen molar-refractivity contribution < 1.29 is 9.21 Å². The lowest BCUT2D eigenvalue weighted by Crippen LogP contribution is -2.26. The second-order valence-electron chi connectivity index (χ2n) is 5.80. The van der Waals surface area contributed by atoms with Crippen molar-refractivity contribution in [2.24, 2.45) is 0 Å². The minimum absolute atomic E-state index is 0.0577. The maximum Gasteiger partial charge on any atom is 0.251 e. The van der Waals surface area contributed by atoms with Crippen molar-refractivity contribution in [1.29, 1.82) is 0 Å². The Labute approximate surface area is 145 Å². The molecule has 124 valence electrons. The van der Waals surface area contributed by atoms with Gasteiger partial charge in [-0.05, 0) is 55.5 Å². The number of carbonyl (C=O) groups is 1. The molecule has 0 saturated heterocycles. The van der Waals surface area contributed by atoms with Crippen LogP contribution in [0.15, 0.2) is 40.1 Å². The van der Waals surface area contributed by atoms with Gasteiger partial charge >= 0.3 is 0 Å². The third-order valence-corrected chi connectivity index (χ3v) is 4.90. The maximum absolute atomic E-state index is 12.2. The van der Waals surface area contributed by atoms with E-state index in [1.165, 1.54) is 5.56 Å². The number of hydrogen-bond acceptors (Lipinski definition) is 4. The predicted octanol–water partition coefficient (Wildman–Crippen LogP) is 4.30. The molecule has 0 spiro atoms. The lowest BCUT2D eigenvalue weighted by molar-refractivity contribution is 0.0954. The molecule has 2 heterocycles. The van der Waals surface area contributed by atoms with Gasteiger partial charge in [-0.1, -0.05) is 12.1 Å². The van der Waals surface area contributed by atoms with Crippen LogP contribution in [0.3, 0.4) is 0 Å². The molecule has 0 saturated carbocycles. The zero-order valence-electron chi connectivity index (χ0n) is 14.1. The van der Waals surface area contributed by atoms with E-state index in [1.54, 1.807) is 11.3 Å². The minimum atomic E-state index is -0.0577. The summed E-state index contributed by atoms with van der Waals surface area (Å²) in [5.41, 5.74) is 3.88. The van der Waals surface area contributed by atoms with Gasteiger partial charge in [-0.15, -0.1) is 11.3 Å². The zero-order chi connectivity index (χ0) is 17.1. The summed E-state index contributed by atoms with van der Waals surface area (Å²) in [6.45, 7) is 6.49. The molecule has 0 aliphatic rings. The van der Waals surface area contributed by atoms with Crippen molar-refractivity contribution in [3.63, 3.8) is 0 Å². The number of carbonyl (C=O) groups excluding carboxylic acids is 1. The van der Waals surface area contributed by atoms with Crippen LogP contribution in [-0.4, -0.2) is 17.4 Å². The van der Waals surface area contributed by atoms with Crippen molar-refractivity contribution in [2.75, 3.05) is 6.54 Å². The normalized spacial score (nSPS) is 10.8. The molecule has 0 aliphatic carbocycles. The van der Waals surface area contributed by atoms with Gasteiger partial charge in [0.1, 0.15) is 5.76 Å². The highest BCUT2D eigenvalue weighted by Gasteiger charge is 2.13. The zero-order valence-corrected chi connectivity index (χ0v) is 14.9. The quantitative estimate of drug-likeness (QED) is 0.753. The second-order valence-corrected chi connectivity index (χ2v) is 6.75. The van der Waals surface area contributed by atoms with Crippen molar-refractivity contribution in [3.8, 4) is 10.8 Å². The molecular formula is C19H20N2O2S. The highest BCUT2D eigenvalue weighted by molar-refractivity contribution is 7.13. The number of oxazole rings is 1. The van der Waals surface area contributed by atoms with E-state index in [9.17, 15) is 4.79 Å². The van der Waals surface area contributed by atoms with Crippen LogP contribution >= 0.6 is 11.3 Å². The van der Waals surface area contributed by atoms with Gasteiger partial charge in [0, 0.05) is 18.5 Å². The van der Waals surface area contributed by atoms with E-state index in [0.717, 1.165) is 21.9 Å². The largest absolute Gasteiger partial charge is 0.440 e. The van der Waals surface area contributed by atoms with Crippen molar-refractivity contribution in [2.45, 2.75) is 27.2 Å². The van der Waals surface area contributed by atoms with E-state index < -0.39 is 0 Å². The van der Waals surface area contributed by atoms with E-state index >= 15 is 0 Å². The van der Waals surface area contributed by atoms with Gasteiger partial charge in [-0.2, -0.15) is 0 Å². The third-order valence-electron chi connectivity index (χ3n) is 4.04. The lowest BCUT2D eigenvalue weighted by Gasteiger charge is -2.06. The van der Waals surface area contributed by atoms with Gasteiger partial charge in [0.15, 0.2) is 0 Å². The number of nitrogens with one attached hydrogen (secondary N) is 1. The Balaban J connectivity index is 1.60. The summed E-state index contributed by atoms with van der Waals surface area (Å²) in [6.07, 6.45) is 0.650. The first-order chi connectivity index (χ1) is 11.5. The first-order valence-electron chi connectivity index (χ1n) is 7.90. The molecule has 5 heteroatoms. The Morgan fingerprint density at radius 3 is 2.75 bits per heavy atom. The average Bonchev–Trinajstić information content (AvgIpc) is 3.20. The van der Waals surface area contributed by atoms with Gasteiger partial charge in [-0.3, -0.25) is 4.79 Å². The fraction of sp³-hybridized carbons (Fsp3) is 0.263. The number of aryl methyl sites for hydroxylation is 3. The van der Waals surface area contributed by atoms with Crippen LogP contribution in [0.5, 0.6) is 0 Å². The van der Waals surface area contributed by atoms with E-state index in [-0.39, 0.29) is 5.91 Å². The molecule has 4 nitrogen and oxygen atoms in total. The predicted molar refractivity (Wildman–Crippen MR) is 96.5 cm³/mol. The molecule has 1 aromatic carbocycles. The number of nitrogens with zero attached hydrogens (tertiary/aromatic N) is 1.